The van der Waals surface area contributed by atoms with E-state index in [1.54, 1.807) is 0 Å². The standard InChI is InChI=1S/C18H28N2O/c1-18(2,3)14-6-4-13(5-7-14)17(19)12-20-10-15-8-9-16(11-20)21-15/h4-7,15-17H,8-12,19H2,1-3H3. The van der Waals surface area contributed by atoms with Crippen LogP contribution in [-0.2, 0) is 10.2 Å². The van der Waals surface area contributed by atoms with Gasteiger partial charge in [-0.15, -0.1) is 0 Å². The van der Waals surface area contributed by atoms with E-state index in [4.69, 9.17) is 10.5 Å². The summed E-state index contributed by atoms with van der Waals surface area (Å²) in [4.78, 5) is 2.48. The number of fused-ring (bicyclic) bond motifs is 2. The van der Waals surface area contributed by atoms with Crippen LogP contribution in [0.15, 0.2) is 24.3 Å². The smallest absolute Gasteiger partial charge is 0.0707 e. The summed E-state index contributed by atoms with van der Waals surface area (Å²) in [7, 11) is 0. The molecule has 3 heteroatoms. The van der Waals surface area contributed by atoms with Crippen LogP contribution in [0.3, 0.4) is 0 Å². The van der Waals surface area contributed by atoms with Gasteiger partial charge in [-0.2, -0.15) is 0 Å². The Balaban J connectivity index is 1.61. The van der Waals surface area contributed by atoms with Gasteiger partial charge in [0.05, 0.1) is 12.2 Å². The monoisotopic (exact) mass is 288 g/mol. The number of nitrogens with two attached hydrogens (primary N) is 1. The highest BCUT2D eigenvalue weighted by molar-refractivity contribution is 5.29. The summed E-state index contributed by atoms with van der Waals surface area (Å²) in [5.41, 5.74) is 9.22. The van der Waals surface area contributed by atoms with Crippen molar-refractivity contribution in [3.8, 4) is 0 Å². The highest BCUT2D eigenvalue weighted by atomic mass is 16.5. The Labute approximate surface area is 128 Å². The Kier molecular flexibility index (Phi) is 4.08. The van der Waals surface area contributed by atoms with E-state index in [9.17, 15) is 0 Å². The van der Waals surface area contributed by atoms with Gasteiger partial charge in [0.25, 0.3) is 0 Å². The van der Waals surface area contributed by atoms with Gasteiger partial charge in [-0.3, -0.25) is 4.90 Å². The number of nitrogens with zero attached hydrogens (tertiary/aromatic N) is 1. The number of morpholine rings is 1. The van der Waals surface area contributed by atoms with Crippen LogP contribution in [0.5, 0.6) is 0 Å². The second-order valence-corrected chi connectivity index (χ2v) is 7.65. The Hall–Kier alpha value is -0.900. The van der Waals surface area contributed by atoms with E-state index in [0.717, 1.165) is 19.6 Å². The number of benzene rings is 1. The minimum atomic E-state index is 0.0940. The van der Waals surface area contributed by atoms with Crippen LogP contribution in [0.1, 0.15) is 50.8 Å². The normalized spacial score (nSPS) is 27.8. The number of ether oxygens (including phenoxy) is 1. The van der Waals surface area contributed by atoms with Crippen molar-refractivity contribution in [2.24, 2.45) is 5.73 Å². The number of hydrogen-bond donors (Lipinski definition) is 1. The molecule has 1 aromatic rings. The molecule has 3 rings (SSSR count). The highest BCUT2D eigenvalue weighted by Crippen LogP contribution is 2.28. The van der Waals surface area contributed by atoms with Gasteiger partial charge < -0.3 is 10.5 Å². The molecule has 3 atom stereocenters. The van der Waals surface area contributed by atoms with E-state index >= 15 is 0 Å². The second-order valence-electron chi connectivity index (χ2n) is 7.65. The molecule has 2 saturated heterocycles. The molecular weight excluding hydrogens is 260 g/mol. The molecule has 0 aliphatic carbocycles. The van der Waals surface area contributed by atoms with Gasteiger partial charge in [0.2, 0.25) is 0 Å². The molecule has 3 unspecified atom stereocenters. The first-order chi connectivity index (χ1) is 9.91. The minimum Gasteiger partial charge on any atom is -0.372 e. The summed E-state index contributed by atoms with van der Waals surface area (Å²) in [6, 6.07) is 8.92. The lowest BCUT2D eigenvalue weighted by molar-refractivity contribution is -0.0397. The van der Waals surface area contributed by atoms with Gasteiger partial charge in [-0.25, -0.2) is 0 Å². The molecule has 21 heavy (non-hydrogen) atoms. The number of rotatable bonds is 3. The minimum absolute atomic E-state index is 0.0940. The number of hydrogen-bond acceptors (Lipinski definition) is 3. The van der Waals surface area contributed by atoms with E-state index in [2.05, 4.69) is 49.9 Å². The van der Waals surface area contributed by atoms with E-state index in [1.165, 1.54) is 24.0 Å². The fraction of sp³-hybridized carbons (Fsp3) is 0.667. The van der Waals surface area contributed by atoms with Crippen molar-refractivity contribution in [1.82, 2.24) is 4.90 Å². The lowest BCUT2D eigenvalue weighted by Gasteiger charge is -2.33. The zero-order valence-electron chi connectivity index (χ0n) is 13.5. The maximum absolute atomic E-state index is 6.41. The summed E-state index contributed by atoms with van der Waals surface area (Å²) in [5, 5.41) is 0. The lowest BCUT2D eigenvalue weighted by Crippen LogP contribution is -2.45. The molecule has 2 N–H and O–H groups in total. The van der Waals surface area contributed by atoms with Gasteiger partial charge >= 0.3 is 0 Å². The van der Waals surface area contributed by atoms with Gasteiger partial charge in [0.15, 0.2) is 0 Å². The molecule has 2 bridgehead atoms. The molecule has 0 radical (unpaired) electrons. The van der Waals surface area contributed by atoms with Crippen molar-refractivity contribution >= 4 is 0 Å². The lowest BCUT2D eigenvalue weighted by atomic mass is 9.86. The van der Waals surface area contributed by atoms with Gasteiger partial charge in [0, 0.05) is 25.7 Å². The zero-order chi connectivity index (χ0) is 15.0. The van der Waals surface area contributed by atoms with E-state index in [1.807, 2.05) is 0 Å². The fourth-order valence-electron chi connectivity index (χ4n) is 3.46. The average molecular weight is 288 g/mol. The Morgan fingerprint density at radius 1 is 1.14 bits per heavy atom. The number of likely N-dealkylation sites (tertiary alicyclic amines) is 1. The van der Waals surface area contributed by atoms with Crippen LogP contribution in [0, 0.1) is 0 Å². The summed E-state index contributed by atoms with van der Waals surface area (Å²) >= 11 is 0. The van der Waals surface area contributed by atoms with Crippen molar-refractivity contribution in [2.45, 2.75) is 57.3 Å². The topological polar surface area (TPSA) is 38.5 Å². The van der Waals surface area contributed by atoms with Crippen LogP contribution in [0.25, 0.3) is 0 Å². The summed E-state index contributed by atoms with van der Waals surface area (Å²) in [6.07, 6.45) is 3.33. The van der Waals surface area contributed by atoms with Gasteiger partial charge in [0.1, 0.15) is 0 Å². The van der Waals surface area contributed by atoms with Crippen LogP contribution in [0.4, 0.5) is 0 Å². The average Bonchev–Trinajstić information content (AvgIpc) is 2.77. The molecule has 1 aromatic carbocycles. The molecular formula is C18H28N2O. The molecule has 0 spiro atoms. The first-order valence-corrected chi connectivity index (χ1v) is 8.15. The molecule has 2 aliphatic rings. The fourth-order valence-corrected chi connectivity index (χ4v) is 3.46. The van der Waals surface area contributed by atoms with Crippen LogP contribution >= 0.6 is 0 Å². The molecule has 116 valence electrons. The molecule has 0 saturated carbocycles. The van der Waals surface area contributed by atoms with Crippen molar-refractivity contribution < 1.29 is 4.74 Å². The third-order valence-electron chi connectivity index (χ3n) is 4.78. The highest BCUT2D eigenvalue weighted by Gasteiger charge is 2.34. The van der Waals surface area contributed by atoms with Crippen molar-refractivity contribution in [3.63, 3.8) is 0 Å². The van der Waals surface area contributed by atoms with Crippen molar-refractivity contribution in [3.05, 3.63) is 35.4 Å². The Bertz CT molecular complexity index is 465. The molecule has 3 nitrogen and oxygen atoms in total. The summed E-state index contributed by atoms with van der Waals surface area (Å²) in [6.45, 7) is 9.75. The SMILES string of the molecule is CC(C)(C)c1ccc(C(N)CN2CC3CCC(C2)O3)cc1. The molecule has 2 aliphatic heterocycles. The van der Waals surface area contributed by atoms with Crippen molar-refractivity contribution in [2.75, 3.05) is 19.6 Å². The Morgan fingerprint density at radius 3 is 2.24 bits per heavy atom. The van der Waals surface area contributed by atoms with E-state index in [0.29, 0.717) is 12.2 Å². The van der Waals surface area contributed by atoms with Gasteiger partial charge in [-0.1, -0.05) is 45.0 Å². The quantitative estimate of drug-likeness (QED) is 0.929. The van der Waals surface area contributed by atoms with Crippen LogP contribution in [0.2, 0.25) is 0 Å². The van der Waals surface area contributed by atoms with E-state index in [-0.39, 0.29) is 11.5 Å². The van der Waals surface area contributed by atoms with Crippen LogP contribution < -0.4 is 5.73 Å². The van der Waals surface area contributed by atoms with Gasteiger partial charge in [-0.05, 0) is 29.4 Å². The largest absolute Gasteiger partial charge is 0.372 e. The van der Waals surface area contributed by atoms with Crippen LogP contribution in [-0.4, -0.2) is 36.7 Å². The zero-order valence-corrected chi connectivity index (χ0v) is 13.5. The molecule has 0 aromatic heterocycles. The maximum atomic E-state index is 6.41. The first-order valence-electron chi connectivity index (χ1n) is 8.15. The molecule has 2 heterocycles. The summed E-state index contributed by atoms with van der Waals surface area (Å²) in [5.74, 6) is 0. The first kappa shape index (κ1) is 15.0. The third kappa shape index (κ3) is 3.47. The maximum Gasteiger partial charge on any atom is 0.0707 e. The molecule has 0 amide bonds. The van der Waals surface area contributed by atoms with Crippen molar-refractivity contribution in [1.29, 1.82) is 0 Å². The Morgan fingerprint density at radius 2 is 1.71 bits per heavy atom. The molecule has 2 fully saturated rings. The second kappa shape index (κ2) is 5.71. The predicted molar refractivity (Wildman–Crippen MR) is 86.4 cm³/mol. The summed E-state index contributed by atoms with van der Waals surface area (Å²) < 4.78 is 5.89. The van der Waals surface area contributed by atoms with E-state index < -0.39 is 0 Å². The predicted octanol–water partition coefficient (Wildman–Crippen LogP) is 2.85. The third-order valence-corrected chi connectivity index (χ3v) is 4.78.